The minimum Gasteiger partial charge on any atom is -0.343 e. The highest BCUT2D eigenvalue weighted by Crippen LogP contribution is 2.31. The van der Waals surface area contributed by atoms with Gasteiger partial charge in [0.2, 0.25) is 5.91 Å². The fraction of sp³-hybridized carbons (Fsp3) is 0.458. The largest absolute Gasteiger partial charge is 0.389 e. The van der Waals surface area contributed by atoms with Crippen LogP contribution >= 0.6 is 0 Å². The van der Waals surface area contributed by atoms with Gasteiger partial charge in [-0.1, -0.05) is 18.2 Å². The second-order valence-electron chi connectivity index (χ2n) is 8.71. The first kappa shape index (κ1) is 23.1. The maximum absolute atomic E-state index is 12.5. The first-order valence-electron chi connectivity index (χ1n) is 11.2. The molecule has 0 bridgehead atoms. The predicted molar refractivity (Wildman–Crippen MR) is 118 cm³/mol. The number of anilines is 1. The Labute approximate surface area is 190 Å². The van der Waals surface area contributed by atoms with Crippen molar-refractivity contribution in [2.75, 3.05) is 31.5 Å². The van der Waals surface area contributed by atoms with Gasteiger partial charge in [-0.3, -0.25) is 9.78 Å². The molecule has 6 nitrogen and oxygen atoms in total. The van der Waals surface area contributed by atoms with E-state index in [2.05, 4.69) is 10.3 Å². The number of nitrogens with zero attached hydrogens (tertiary/aromatic N) is 3. The van der Waals surface area contributed by atoms with Crippen molar-refractivity contribution in [1.29, 1.82) is 0 Å². The van der Waals surface area contributed by atoms with Crippen molar-refractivity contribution in [1.82, 2.24) is 14.8 Å². The Balaban J connectivity index is 1.21. The smallest absolute Gasteiger partial charge is 0.343 e. The van der Waals surface area contributed by atoms with Gasteiger partial charge in [-0.25, -0.2) is 4.79 Å². The van der Waals surface area contributed by atoms with Crippen molar-refractivity contribution in [2.45, 2.75) is 43.7 Å². The molecule has 0 radical (unpaired) electrons. The molecule has 3 amide bonds. The third-order valence-corrected chi connectivity index (χ3v) is 6.43. The van der Waals surface area contributed by atoms with Gasteiger partial charge in [-0.15, -0.1) is 0 Å². The molecule has 2 saturated heterocycles. The molecule has 33 heavy (non-hydrogen) atoms. The highest BCUT2D eigenvalue weighted by atomic mass is 19.4. The predicted octanol–water partition coefficient (Wildman–Crippen LogP) is 4.76. The number of carbonyl (C=O) groups is 2. The van der Waals surface area contributed by atoms with Gasteiger partial charge in [0.15, 0.2) is 0 Å². The highest BCUT2D eigenvalue weighted by molar-refractivity contribution is 5.90. The lowest BCUT2D eigenvalue weighted by Gasteiger charge is -2.39. The standard InChI is InChI=1S/C24H27F3N4O2/c25-24(26,27)10-7-22(32)30-12-8-18(9-13-30)17-3-5-21(6-4-17)29-23(33)31-15-20(16-31)19-2-1-11-28-14-19/h1-6,11,14,18,20H,7-10,12-13,15-16H2,(H,29,33). The van der Waals surface area contributed by atoms with E-state index in [4.69, 9.17) is 0 Å². The number of piperidine rings is 1. The van der Waals surface area contributed by atoms with Crippen LogP contribution in [0.3, 0.4) is 0 Å². The zero-order valence-electron chi connectivity index (χ0n) is 18.2. The monoisotopic (exact) mass is 460 g/mol. The zero-order valence-corrected chi connectivity index (χ0v) is 18.2. The van der Waals surface area contributed by atoms with E-state index in [1.54, 1.807) is 11.1 Å². The minimum atomic E-state index is -4.30. The van der Waals surface area contributed by atoms with E-state index in [0.29, 0.717) is 50.6 Å². The Kier molecular flexibility index (Phi) is 6.85. The lowest BCUT2D eigenvalue weighted by atomic mass is 9.89. The molecule has 0 saturated carbocycles. The second kappa shape index (κ2) is 9.80. The van der Waals surface area contributed by atoms with E-state index >= 15 is 0 Å². The van der Waals surface area contributed by atoms with Crippen molar-refractivity contribution in [2.24, 2.45) is 0 Å². The van der Waals surface area contributed by atoms with Gasteiger partial charge < -0.3 is 15.1 Å². The summed E-state index contributed by atoms with van der Waals surface area (Å²) in [5, 5.41) is 2.92. The van der Waals surface area contributed by atoms with Crippen LogP contribution in [0.5, 0.6) is 0 Å². The number of benzene rings is 1. The van der Waals surface area contributed by atoms with Crippen LogP contribution in [0, 0.1) is 0 Å². The van der Waals surface area contributed by atoms with Gasteiger partial charge >= 0.3 is 12.2 Å². The normalized spacial score (nSPS) is 17.5. The third kappa shape index (κ3) is 6.03. The summed E-state index contributed by atoms with van der Waals surface area (Å²) in [6.07, 6.45) is -0.857. The van der Waals surface area contributed by atoms with E-state index in [1.165, 1.54) is 4.90 Å². The summed E-state index contributed by atoms with van der Waals surface area (Å²) < 4.78 is 37.0. The topological polar surface area (TPSA) is 65.5 Å². The summed E-state index contributed by atoms with van der Waals surface area (Å²) in [6.45, 7) is 2.26. The SMILES string of the molecule is O=C(CCC(F)(F)F)N1CCC(c2ccc(NC(=O)N3CC(c4cccnc4)C3)cc2)CC1. The average Bonchev–Trinajstić information content (AvgIpc) is 2.77. The molecule has 1 aromatic carbocycles. The summed E-state index contributed by atoms with van der Waals surface area (Å²) in [6, 6.07) is 11.5. The van der Waals surface area contributed by atoms with Crippen LogP contribution in [-0.2, 0) is 4.79 Å². The summed E-state index contributed by atoms with van der Waals surface area (Å²) >= 11 is 0. The van der Waals surface area contributed by atoms with Crippen molar-refractivity contribution in [3.8, 4) is 0 Å². The van der Waals surface area contributed by atoms with Crippen molar-refractivity contribution in [3.05, 3.63) is 59.9 Å². The first-order chi connectivity index (χ1) is 15.8. The number of amides is 3. The number of hydrogen-bond donors (Lipinski definition) is 1. The number of rotatable bonds is 5. The molecule has 0 spiro atoms. The van der Waals surface area contributed by atoms with Gasteiger partial charge in [0.1, 0.15) is 0 Å². The molecule has 2 aliphatic heterocycles. The van der Waals surface area contributed by atoms with Crippen molar-refractivity contribution in [3.63, 3.8) is 0 Å². The molecule has 2 aromatic rings. The van der Waals surface area contributed by atoms with Gasteiger partial charge in [0.05, 0.1) is 6.42 Å². The Hall–Kier alpha value is -3.10. The average molecular weight is 461 g/mol. The van der Waals surface area contributed by atoms with Crippen LogP contribution in [-0.4, -0.2) is 59.1 Å². The van der Waals surface area contributed by atoms with Gasteiger partial charge in [-0.2, -0.15) is 13.2 Å². The van der Waals surface area contributed by atoms with Crippen LogP contribution in [0.25, 0.3) is 0 Å². The Morgan fingerprint density at radius 3 is 2.27 bits per heavy atom. The van der Waals surface area contributed by atoms with Crippen LogP contribution in [0.15, 0.2) is 48.8 Å². The lowest BCUT2D eigenvalue weighted by molar-refractivity contribution is -0.149. The molecule has 3 heterocycles. The molecule has 2 aliphatic rings. The number of nitrogens with one attached hydrogen (secondary N) is 1. The number of alkyl halides is 3. The maximum Gasteiger partial charge on any atom is 0.389 e. The molecular weight excluding hydrogens is 433 g/mol. The third-order valence-electron chi connectivity index (χ3n) is 6.43. The lowest BCUT2D eigenvalue weighted by Crippen LogP contribution is -2.50. The zero-order chi connectivity index (χ0) is 23.4. The van der Waals surface area contributed by atoms with Gasteiger partial charge in [0, 0.05) is 56.6 Å². The van der Waals surface area contributed by atoms with E-state index in [1.807, 2.05) is 42.6 Å². The first-order valence-corrected chi connectivity index (χ1v) is 11.2. The molecule has 0 atom stereocenters. The molecule has 0 aliphatic carbocycles. The minimum absolute atomic E-state index is 0.131. The number of urea groups is 1. The van der Waals surface area contributed by atoms with Gasteiger partial charge in [-0.05, 0) is 48.1 Å². The summed E-state index contributed by atoms with van der Waals surface area (Å²) in [5.41, 5.74) is 2.96. The fourth-order valence-electron chi connectivity index (χ4n) is 4.38. The number of aromatic nitrogens is 1. The molecule has 4 rings (SSSR count). The van der Waals surface area contributed by atoms with Crippen molar-refractivity contribution < 1.29 is 22.8 Å². The van der Waals surface area contributed by atoms with Crippen LogP contribution in [0.2, 0.25) is 0 Å². The molecule has 1 aromatic heterocycles. The molecule has 0 unspecified atom stereocenters. The maximum atomic E-state index is 12.5. The second-order valence-corrected chi connectivity index (χ2v) is 8.71. The van der Waals surface area contributed by atoms with Crippen LogP contribution < -0.4 is 5.32 Å². The molecule has 1 N–H and O–H groups in total. The van der Waals surface area contributed by atoms with Gasteiger partial charge in [0.25, 0.3) is 0 Å². The quantitative estimate of drug-likeness (QED) is 0.700. The molecular formula is C24H27F3N4O2. The summed E-state index contributed by atoms with van der Waals surface area (Å²) in [7, 11) is 0. The molecule has 9 heteroatoms. The van der Waals surface area contributed by atoms with Crippen molar-refractivity contribution >= 4 is 17.6 Å². The number of halogens is 3. The molecule has 2 fully saturated rings. The number of carbonyl (C=O) groups excluding carboxylic acids is 2. The highest BCUT2D eigenvalue weighted by Gasteiger charge is 2.32. The fourth-order valence-corrected chi connectivity index (χ4v) is 4.38. The number of pyridine rings is 1. The van der Waals surface area contributed by atoms with Crippen LogP contribution in [0.4, 0.5) is 23.7 Å². The van der Waals surface area contributed by atoms with E-state index in [-0.39, 0.29) is 11.9 Å². The van der Waals surface area contributed by atoms with Crippen LogP contribution in [0.1, 0.15) is 48.6 Å². The Morgan fingerprint density at radius 1 is 0.970 bits per heavy atom. The van der Waals surface area contributed by atoms with E-state index in [9.17, 15) is 22.8 Å². The van der Waals surface area contributed by atoms with E-state index in [0.717, 1.165) is 11.1 Å². The number of likely N-dealkylation sites (tertiary alicyclic amines) is 2. The number of hydrogen-bond acceptors (Lipinski definition) is 3. The summed E-state index contributed by atoms with van der Waals surface area (Å²) in [4.78, 5) is 31.9. The molecule has 176 valence electrons. The Morgan fingerprint density at radius 2 is 1.67 bits per heavy atom. The Bertz CT molecular complexity index is 952. The van der Waals surface area contributed by atoms with E-state index < -0.39 is 24.9 Å². The summed E-state index contributed by atoms with van der Waals surface area (Å²) in [5.74, 6) is 0.135.